The third kappa shape index (κ3) is 6.96. The molecule has 9 nitrogen and oxygen atoms in total. The molecule has 0 aliphatic heterocycles. The van der Waals surface area contributed by atoms with Crippen molar-refractivity contribution < 1.29 is 24.2 Å². The minimum Gasteiger partial charge on any atom is -0.508 e. The molecule has 28 heavy (non-hydrogen) atoms. The zero-order valence-electron chi connectivity index (χ0n) is 15.1. The third-order valence-corrected chi connectivity index (χ3v) is 3.78. The summed E-state index contributed by atoms with van der Waals surface area (Å²) >= 11 is 0. The van der Waals surface area contributed by atoms with Crippen LogP contribution in [0.15, 0.2) is 54.6 Å². The van der Waals surface area contributed by atoms with Crippen LogP contribution in [0.2, 0.25) is 0 Å². The largest absolute Gasteiger partial charge is 0.508 e. The van der Waals surface area contributed by atoms with Crippen molar-refractivity contribution in [3.63, 3.8) is 0 Å². The normalized spacial score (nSPS) is 11.2. The van der Waals surface area contributed by atoms with Crippen molar-refractivity contribution in [2.75, 3.05) is 6.54 Å². The van der Waals surface area contributed by atoms with Crippen molar-refractivity contribution in [2.24, 2.45) is 5.84 Å². The minimum atomic E-state index is -0.941. The Labute approximate surface area is 161 Å². The van der Waals surface area contributed by atoms with Crippen LogP contribution in [-0.4, -0.2) is 35.6 Å². The predicted molar refractivity (Wildman–Crippen MR) is 101 cm³/mol. The Morgan fingerprint density at radius 3 is 2.32 bits per heavy atom. The van der Waals surface area contributed by atoms with Gasteiger partial charge in [0.2, 0.25) is 5.91 Å². The van der Waals surface area contributed by atoms with Gasteiger partial charge in [-0.1, -0.05) is 42.5 Å². The average Bonchev–Trinajstić information content (AvgIpc) is 2.72. The van der Waals surface area contributed by atoms with Crippen LogP contribution in [0.3, 0.4) is 0 Å². The third-order valence-electron chi connectivity index (χ3n) is 3.78. The van der Waals surface area contributed by atoms with Crippen LogP contribution in [0.4, 0.5) is 4.79 Å². The highest BCUT2D eigenvalue weighted by Gasteiger charge is 2.21. The van der Waals surface area contributed by atoms with Gasteiger partial charge in [0.05, 0.1) is 0 Å². The first kappa shape index (κ1) is 20.7. The van der Waals surface area contributed by atoms with Crippen LogP contribution >= 0.6 is 0 Å². The van der Waals surface area contributed by atoms with Gasteiger partial charge in [0, 0.05) is 6.42 Å². The van der Waals surface area contributed by atoms with Gasteiger partial charge in [-0.2, -0.15) is 0 Å². The Kier molecular flexibility index (Phi) is 7.79. The summed E-state index contributed by atoms with van der Waals surface area (Å²) in [7, 11) is 0. The number of hydrazine groups is 1. The van der Waals surface area contributed by atoms with Crippen LogP contribution in [0.25, 0.3) is 0 Å². The number of benzene rings is 2. The number of nitrogens with one attached hydrogen (secondary N) is 3. The van der Waals surface area contributed by atoms with Crippen molar-refractivity contribution in [3.05, 3.63) is 65.7 Å². The summed E-state index contributed by atoms with van der Waals surface area (Å²) in [6.45, 7) is -0.287. The number of hydrogen-bond acceptors (Lipinski definition) is 6. The lowest BCUT2D eigenvalue weighted by Crippen LogP contribution is -2.52. The molecule has 0 aliphatic rings. The van der Waals surface area contributed by atoms with Gasteiger partial charge in [-0.15, -0.1) is 0 Å². The molecule has 2 rings (SSSR count). The lowest BCUT2D eigenvalue weighted by Gasteiger charge is -2.17. The fraction of sp³-hybridized carbons (Fsp3) is 0.211. The molecular formula is C19H22N4O5. The highest BCUT2D eigenvalue weighted by molar-refractivity contribution is 5.89. The number of ether oxygens (including phenoxy) is 1. The van der Waals surface area contributed by atoms with Crippen LogP contribution in [-0.2, 0) is 27.4 Å². The molecule has 0 aliphatic carbocycles. The van der Waals surface area contributed by atoms with E-state index in [1.165, 1.54) is 12.1 Å². The van der Waals surface area contributed by atoms with Gasteiger partial charge in [-0.3, -0.25) is 15.0 Å². The molecule has 2 aromatic carbocycles. The molecule has 3 amide bonds. The van der Waals surface area contributed by atoms with Crippen molar-refractivity contribution in [1.82, 2.24) is 16.1 Å². The first-order valence-corrected chi connectivity index (χ1v) is 8.50. The maximum atomic E-state index is 12.1. The summed E-state index contributed by atoms with van der Waals surface area (Å²) in [4.78, 5) is 35.6. The van der Waals surface area contributed by atoms with E-state index in [0.29, 0.717) is 5.56 Å². The van der Waals surface area contributed by atoms with E-state index in [1.54, 1.807) is 24.3 Å². The van der Waals surface area contributed by atoms with Gasteiger partial charge in [-0.25, -0.2) is 10.6 Å². The zero-order valence-corrected chi connectivity index (χ0v) is 15.1. The summed E-state index contributed by atoms with van der Waals surface area (Å²) < 4.78 is 5.01. The lowest BCUT2D eigenvalue weighted by molar-refractivity contribution is -0.128. The Bertz CT molecular complexity index is 796. The number of aromatic hydroxyl groups is 1. The van der Waals surface area contributed by atoms with E-state index in [2.05, 4.69) is 10.6 Å². The van der Waals surface area contributed by atoms with E-state index in [0.717, 1.165) is 5.56 Å². The summed E-state index contributed by atoms with van der Waals surface area (Å²) in [5.74, 6) is 4.08. The van der Waals surface area contributed by atoms with E-state index in [9.17, 15) is 19.5 Å². The van der Waals surface area contributed by atoms with Crippen LogP contribution < -0.4 is 21.9 Å². The quantitative estimate of drug-likeness (QED) is 0.251. The smallest absolute Gasteiger partial charge is 0.407 e. The topological polar surface area (TPSA) is 143 Å². The number of rotatable bonds is 8. The first-order chi connectivity index (χ1) is 13.5. The van der Waals surface area contributed by atoms with Crippen LogP contribution in [0, 0.1) is 0 Å². The van der Waals surface area contributed by atoms with Gasteiger partial charge in [0.15, 0.2) is 0 Å². The van der Waals surface area contributed by atoms with Gasteiger partial charge < -0.3 is 20.5 Å². The molecule has 0 saturated heterocycles. The number of carbonyl (C=O) groups excluding carboxylic acids is 3. The Balaban J connectivity index is 1.81. The van der Waals surface area contributed by atoms with Gasteiger partial charge in [0.1, 0.15) is 24.9 Å². The van der Waals surface area contributed by atoms with Crippen molar-refractivity contribution in [2.45, 2.75) is 19.1 Å². The number of alkyl carbamates (subject to hydrolysis) is 1. The summed E-state index contributed by atoms with van der Waals surface area (Å²) in [6, 6.07) is 14.3. The van der Waals surface area contributed by atoms with Crippen molar-refractivity contribution >= 4 is 17.9 Å². The molecule has 6 N–H and O–H groups in total. The minimum absolute atomic E-state index is 0.0767. The van der Waals surface area contributed by atoms with Crippen LogP contribution in [0.1, 0.15) is 11.1 Å². The van der Waals surface area contributed by atoms with E-state index < -0.39 is 23.9 Å². The standard InChI is InChI=1S/C19H22N4O5/c20-23-18(26)16(10-13-6-8-15(24)9-7-13)22-17(25)11-21-19(27)28-12-14-4-2-1-3-5-14/h1-9,16,24H,10-12,20H2,(H,21,27)(H,22,25)(H,23,26). The molecule has 0 bridgehead atoms. The molecule has 1 atom stereocenters. The zero-order chi connectivity index (χ0) is 20.4. The summed E-state index contributed by atoms with van der Waals surface area (Å²) in [6.07, 6.45) is -0.592. The average molecular weight is 386 g/mol. The molecule has 0 fully saturated rings. The first-order valence-electron chi connectivity index (χ1n) is 8.50. The fourth-order valence-corrected chi connectivity index (χ4v) is 2.35. The second kappa shape index (κ2) is 10.5. The maximum absolute atomic E-state index is 12.1. The molecule has 2 aromatic rings. The second-order valence-electron chi connectivity index (χ2n) is 5.91. The molecule has 0 heterocycles. The Morgan fingerprint density at radius 2 is 1.68 bits per heavy atom. The lowest BCUT2D eigenvalue weighted by atomic mass is 10.1. The highest BCUT2D eigenvalue weighted by atomic mass is 16.5. The van der Waals surface area contributed by atoms with Gasteiger partial charge in [-0.05, 0) is 23.3 Å². The highest BCUT2D eigenvalue weighted by Crippen LogP contribution is 2.11. The van der Waals surface area contributed by atoms with E-state index in [-0.39, 0.29) is 25.3 Å². The predicted octanol–water partition coefficient (Wildman–Crippen LogP) is 0.336. The van der Waals surface area contributed by atoms with Gasteiger partial charge >= 0.3 is 6.09 Å². The van der Waals surface area contributed by atoms with Crippen molar-refractivity contribution in [1.29, 1.82) is 0 Å². The number of phenols is 1. The van der Waals surface area contributed by atoms with E-state index in [4.69, 9.17) is 10.6 Å². The molecule has 0 aromatic heterocycles. The molecule has 0 saturated carbocycles. The number of amides is 3. The van der Waals surface area contributed by atoms with Crippen molar-refractivity contribution in [3.8, 4) is 5.75 Å². The summed E-state index contributed by atoms with van der Waals surface area (Å²) in [5, 5.41) is 14.1. The number of nitrogens with two attached hydrogens (primary N) is 1. The molecule has 0 radical (unpaired) electrons. The molecular weight excluding hydrogens is 364 g/mol. The maximum Gasteiger partial charge on any atom is 0.407 e. The molecule has 0 spiro atoms. The number of hydrogen-bond donors (Lipinski definition) is 5. The van der Waals surface area contributed by atoms with E-state index >= 15 is 0 Å². The SMILES string of the molecule is NNC(=O)C(Cc1ccc(O)cc1)NC(=O)CNC(=O)OCc1ccccc1. The van der Waals surface area contributed by atoms with Crippen LogP contribution in [0.5, 0.6) is 5.75 Å². The number of phenolic OH excluding ortho intramolecular Hbond substituents is 1. The molecule has 148 valence electrons. The Hall–Kier alpha value is -3.59. The monoisotopic (exact) mass is 386 g/mol. The van der Waals surface area contributed by atoms with Gasteiger partial charge in [0.25, 0.3) is 5.91 Å². The Morgan fingerprint density at radius 1 is 1.00 bits per heavy atom. The molecule has 9 heteroatoms. The number of carbonyl (C=O) groups is 3. The second-order valence-corrected chi connectivity index (χ2v) is 5.91. The fourth-order valence-electron chi connectivity index (χ4n) is 2.35. The summed E-state index contributed by atoms with van der Waals surface area (Å²) in [5.41, 5.74) is 3.52. The van der Waals surface area contributed by atoms with E-state index in [1.807, 2.05) is 23.6 Å². The molecule has 1 unspecified atom stereocenters.